The van der Waals surface area contributed by atoms with Crippen LogP contribution in [0.2, 0.25) is 0 Å². The highest BCUT2D eigenvalue weighted by Crippen LogP contribution is 2.44. The van der Waals surface area contributed by atoms with Crippen molar-refractivity contribution in [1.82, 2.24) is 15.2 Å². The minimum absolute atomic E-state index is 0.129. The fourth-order valence-corrected chi connectivity index (χ4v) is 4.90. The highest BCUT2D eigenvalue weighted by Gasteiger charge is 2.44. The molecule has 2 N–H and O–H groups in total. The number of carbonyl (C=O) groups is 2. The Morgan fingerprint density at radius 2 is 1.77 bits per heavy atom. The lowest BCUT2D eigenvalue weighted by Gasteiger charge is -2.41. The number of H-pyrrole nitrogens is 1. The molecular weight excluding hydrogens is 445 g/mol. The monoisotopic (exact) mass is 471 g/mol. The van der Waals surface area contributed by atoms with E-state index in [1.165, 1.54) is 12.1 Å². The molecule has 0 spiro atoms. The predicted octanol–water partition coefficient (Wildman–Crippen LogP) is 4.55. The normalized spacial score (nSPS) is 17.4. The highest BCUT2D eigenvalue weighted by molar-refractivity contribution is 6.02. The molecule has 2 unspecified atom stereocenters. The van der Waals surface area contributed by atoms with E-state index < -0.39 is 12.0 Å². The van der Waals surface area contributed by atoms with Crippen molar-refractivity contribution in [3.8, 4) is 0 Å². The number of halogens is 1. The molecule has 2 heterocycles. The van der Waals surface area contributed by atoms with Crippen LogP contribution in [0.4, 0.5) is 4.39 Å². The maximum atomic E-state index is 13.8. The Labute approximate surface area is 202 Å². The molecule has 4 aromatic rings. The number of fused-ring (bicyclic) bond motifs is 2. The number of para-hydroxylation sites is 1. The van der Waals surface area contributed by atoms with Gasteiger partial charge >= 0.3 is 0 Å². The van der Waals surface area contributed by atoms with Gasteiger partial charge in [0.05, 0.1) is 18.6 Å². The number of benzene rings is 3. The summed E-state index contributed by atoms with van der Waals surface area (Å²) >= 11 is 0. The maximum Gasteiger partial charge on any atom is 0.254 e. The van der Waals surface area contributed by atoms with Crippen LogP contribution >= 0.6 is 0 Å². The second-order valence-corrected chi connectivity index (χ2v) is 8.63. The van der Waals surface area contributed by atoms with Crippen LogP contribution in [0, 0.1) is 5.82 Å². The second-order valence-electron chi connectivity index (χ2n) is 8.63. The topological polar surface area (TPSA) is 74.4 Å². The lowest BCUT2D eigenvalue weighted by atomic mass is 9.79. The number of rotatable bonds is 7. The van der Waals surface area contributed by atoms with E-state index in [1.807, 2.05) is 48.7 Å². The first-order chi connectivity index (χ1) is 17.1. The van der Waals surface area contributed by atoms with Crippen LogP contribution in [-0.4, -0.2) is 42.0 Å². The van der Waals surface area contributed by atoms with E-state index in [-0.39, 0.29) is 24.2 Å². The number of nitrogens with one attached hydrogen (secondary N) is 2. The quantitative estimate of drug-likeness (QED) is 0.415. The van der Waals surface area contributed by atoms with Crippen molar-refractivity contribution in [1.29, 1.82) is 0 Å². The van der Waals surface area contributed by atoms with Gasteiger partial charge in [0.1, 0.15) is 5.82 Å². The lowest BCUT2D eigenvalue weighted by molar-refractivity contribution is -0.124. The minimum atomic E-state index is -0.639. The molecule has 6 nitrogen and oxygen atoms in total. The van der Waals surface area contributed by atoms with Gasteiger partial charge in [-0.15, -0.1) is 0 Å². The van der Waals surface area contributed by atoms with E-state index in [0.29, 0.717) is 24.3 Å². The summed E-state index contributed by atoms with van der Waals surface area (Å²) in [4.78, 5) is 32.5. The molecule has 1 aliphatic heterocycles. The fourth-order valence-electron chi connectivity index (χ4n) is 4.90. The molecule has 0 radical (unpaired) electrons. The molecule has 0 aliphatic carbocycles. The molecule has 3 aromatic carbocycles. The summed E-state index contributed by atoms with van der Waals surface area (Å²) in [5.41, 5.74) is 3.81. The van der Waals surface area contributed by atoms with Crippen molar-refractivity contribution in [2.45, 2.75) is 18.5 Å². The van der Waals surface area contributed by atoms with Crippen LogP contribution in [-0.2, 0) is 16.1 Å². The number of carbonyl (C=O) groups excluding carboxylic acids is 2. The summed E-state index contributed by atoms with van der Waals surface area (Å²) in [5, 5.41) is 3.98. The third kappa shape index (κ3) is 4.31. The van der Waals surface area contributed by atoms with E-state index >= 15 is 0 Å². The van der Waals surface area contributed by atoms with Crippen LogP contribution in [0.3, 0.4) is 0 Å². The zero-order chi connectivity index (χ0) is 24.4. The SMILES string of the molecule is COCCN1C(=O)c2ccccc2C(C(=O)NCc2ccc(F)cc2)C1c1c[nH]c2ccccc12. The number of amides is 2. The van der Waals surface area contributed by atoms with Crippen molar-refractivity contribution < 1.29 is 18.7 Å². The van der Waals surface area contributed by atoms with Crippen LogP contribution in [0.5, 0.6) is 0 Å². The molecule has 2 atom stereocenters. The summed E-state index contributed by atoms with van der Waals surface area (Å²) in [6.45, 7) is 0.941. The van der Waals surface area contributed by atoms with Gasteiger partial charge in [-0.05, 0) is 35.4 Å². The van der Waals surface area contributed by atoms with Gasteiger partial charge in [0, 0.05) is 48.4 Å². The molecule has 0 saturated carbocycles. The predicted molar refractivity (Wildman–Crippen MR) is 131 cm³/mol. The largest absolute Gasteiger partial charge is 0.383 e. The minimum Gasteiger partial charge on any atom is -0.383 e. The Bertz CT molecular complexity index is 1370. The Hall–Kier alpha value is -3.97. The van der Waals surface area contributed by atoms with Crippen LogP contribution in [0.25, 0.3) is 10.9 Å². The average Bonchev–Trinajstić information content (AvgIpc) is 3.31. The van der Waals surface area contributed by atoms with Crippen molar-refractivity contribution in [2.75, 3.05) is 20.3 Å². The molecule has 0 saturated heterocycles. The van der Waals surface area contributed by atoms with E-state index in [1.54, 1.807) is 30.2 Å². The molecule has 1 aliphatic rings. The van der Waals surface area contributed by atoms with Crippen LogP contribution in [0.1, 0.15) is 39.0 Å². The molecule has 1 aromatic heterocycles. The molecule has 5 rings (SSSR count). The van der Waals surface area contributed by atoms with Gasteiger partial charge in [0.2, 0.25) is 5.91 Å². The van der Waals surface area contributed by atoms with Crippen LogP contribution in [0.15, 0.2) is 79.0 Å². The van der Waals surface area contributed by atoms with E-state index in [2.05, 4.69) is 10.3 Å². The standard InChI is InChI=1S/C28H26FN3O3/c1-35-15-14-32-26(23-17-30-24-9-5-4-6-20(23)24)25(21-7-2-3-8-22(21)28(32)34)27(33)31-16-18-10-12-19(29)13-11-18/h2-13,17,25-26,30H,14-16H2,1H3,(H,31,33). The third-order valence-electron chi connectivity index (χ3n) is 6.58. The van der Waals surface area contributed by atoms with Gasteiger partial charge in [-0.1, -0.05) is 48.5 Å². The number of nitrogens with zero attached hydrogens (tertiary/aromatic N) is 1. The van der Waals surface area contributed by atoms with Gasteiger partial charge in [0.15, 0.2) is 0 Å². The van der Waals surface area contributed by atoms with Crippen LogP contribution < -0.4 is 5.32 Å². The number of aromatic amines is 1. The Balaban J connectivity index is 1.59. The molecule has 178 valence electrons. The van der Waals surface area contributed by atoms with Gasteiger partial charge in [-0.25, -0.2) is 4.39 Å². The Morgan fingerprint density at radius 1 is 1.03 bits per heavy atom. The first-order valence-corrected chi connectivity index (χ1v) is 11.6. The first kappa shape index (κ1) is 22.8. The number of ether oxygens (including phenoxy) is 1. The summed E-state index contributed by atoms with van der Waals surface area (Å²) in [6, 6.07) is 20.6. The molecule has 0 bridgehead atoms. The van der Waals surface area contributed by atoms with Crippen molar-refractivity contribution in [3.63, 3.8) is 0 Å². The average molecular weight is 472 g/mol. The molecule has 7 heteroatoms. The molecular formula is C28H26FN3O3. The van der Waals surface area contributed by atoms with Crippen molar-refractivity contribution in [2.24, 2.45) is 0 Å². The Kier molecular flexibility index (Phi) is 6.33. The van der Waals surface area contributed by atoms with E-state index in [9.17, 15) is 14.0 Å². The number of hydrogen-bond donors (Lipinski definition) is 2. The first-order valence-electron chi connectivity index (χ1n) is 11.6. The van der Waals surface area contributed by atoms with E-state index in [4.69, 9.17) is 4.74 Å². The third-order valence-corrected chi connectivity index (χ3v) is 6.58. The van der Waals surface area contributed by atoms with Gasteiger partial charge in [-0.2, -0.15) is 0 Å². The summed E-state index contributed by atoms with van der Waals surface area (Å²) in [6.07, 6.45) is 1.89. The highest BCUT2D eigenvalue weighted by atomic mass is 19.1. The van der Waals surface area contributed by atoms with E-state index in [0.717, 1.165) is 22.0 Å². The lowest BCUT2D eigenvalue weighted by Crippen LogP contribution is -2.48. The van der Waals surface area contributed by atoms with Gasteiger partial charge in [-0.3, -0.25) is 9.59 Å². The van der Waals surface area contributed by atoms with Crippen molar-refractivity contribution >= 4 is 22.7 Å². The number of hydrogen-bond acceptors (Lipinski definition) is 3. The number of aromatic nitrogens is 1. The molecule has 0 fully saturated rings. The fraction of sp³-hybridized carbons (Fsp3) is 0.214. The van der Waals surface area contributed by atoms with Crippen molar-refractivity contribution in [3.05, 3.63) is 107 Å². The summed E-state index contributed by atoms with van der Waals surface area (Å²) < 4.78 is 18.6. The summed E-state index contributed by atoms with van der Waals surface area (Å²) in [7, 11) is 1.59. The zero-order valence-corrected chi connectivity index (χ0v) is 19.3. The number of methoxy groups -OCH3 is 1. The second kappa shape index (κ2) is 9.72. The van der Waals surface area contributed by atoms with Gasteiger partial charge < -0.3 is 19.9 Å². The molecule has 2 amide bonds. The van der Waals surface area contributed by atoms with Gasteiger partial charge in [0.25, 0.3) is 5.91 Å². The molecule has 35 heavy (non-hydrogen) atoms. The Morgan fingerprint density at radius 3 is 2.57 bits per heavy atom. The summed E-state index contributed by atoms with van der Waals surface area (Å²) in [5.74, 6) is -1.30. The zero-order valence-electron chi connectivity index (χ0n) is 19.3. The smallest absolute Gasteiger partial charge is 0.254 e. The maximum absolute atomic E-state index is 13.8.